The summed E-state index contributed by atoms with van der Waals surface area (Å²) in [7, 11) is 0. The molecule has 0 radical (unpaired) electrons. The minimum Gasteiger partial charge on any atom is -0.487 e. The summed E-state index contributed by atoms with van der Waals surface area (Å²) in [6, 6.07) is 0.642. The summed E-state index contributed by atoms with van der Waals surface area (Å²) in [4.78, 5) is 31.4. The highest BCUT2D eigenvalue weighted by molar-refractivity contribution is 5.77. The van der Waals surface area contributed by atoms with Gasteiger partial charge >= 0.3 is 12.4 Å². The molecule has 37 heavy (non-hydrogen) atoms. The Kier molecular flexibility index (Phi) is 7.47. The fourth-order valence-corrected chi connectivity index (χ4v) is 4.09. The van der Waals surface area contributed by atoms with Crippen LogP contribution in [0.25, 0.3) is 0 Å². The van der Waals surface area contributed by atoms with Crippen LogP contribution in [0.15, 0.2) is 23.3 Å². The molecule has 2 aromatic rings. The van der Waals surface area contributed by atoms with Crippen molar-refractivity contribution in [3.8, 4) is 5.75 Å². The quantitative estimate of drug-likeness (QED) is 0.409. The maximum absolute atomic E-state index is 13.0. The zero-order valence-electron chi connectivity index (χ0n) is 19.2. The molecule has 4 rings (SSSR count). The Balaban J connectivity index is 1.21. The number of fused-ring (bicyclic) bond motifs is 3. The fraction of sp³-hybridized carbons (Fsp3) is 0.524. The molecule has 0 aromatic carbocycles. The number of rotatable bonds is 7. The van der Waals surface area contributed by atoms with Gasteiger partial charge in [0.15, 0.2) is 11.6 Å². The van der Waals surface area contributed by atoms with Crippen molar-refractivity contribution < 1.29 is 40.6 Å². The number of hydrogen-bond acceptors (Lipinski definition) is 8. The second-order valence-corrected chi connectivity index (χ2v) is 8.32. The van der Waals surface area contributed by atoms with E-state index in [2.05, 4.69) is 15.4 Å². The van der Waals surface area contributed by atoms with Crippen LogP contribution in [0.1, 0.15) is 17.5 Å². The van der Waals surface area contributed by atoms with Gasteiger partial charge in [-0.2, -0.15) is 31.4 Å². The van der Waals surface area contributed by atoms with Crippen LogP contribution in [-0.4, -0.2) is 78.0 Å². The highest BCUT2D eigenvalue weighted by atomic mass is 19.4. The topological polar surface area (TPSA) is 113 Å². The van der Waals surface area contributed by atoms with Crippen LogP contribution < -0.4 is 20.5 Å². The molecular formula is C21H22F6N6O4. The van der Waals surface area contributed by atoms with Gasteiger partial charge in [-0.1, -0.05) is 0 Å². The number of aromatic amines is 1. The number of piperazine rings is 1. The Hall–Kier alpha value is -3.56. The molecule has 16 heteroatoms. The lowest BCUT2D eigenvalue weighted by Gasteiger charge is -2.44. The number of carbonyl (C=O) groups is 1. The van der Waals surface area contributed by atoms with Gasteiger partial charge in [0.05, 0.1) is 43.1 Å². The Morgan fingerprint density at radius 2 is 1.95 bits per heavy atom. The minimum atomic E-state index is -4.86. The third-order valence-corrected chi connectivity index (χ3v) is 5.86. The molecule has 2 aliphatic heterocycles. The summed E-state index contributed by atoms with van der Waals surface area (Å²) < 4.78 is 88.7. The molecule has 2 N–H and O–H groups in total. The first-order valence-electron chi connectivity index (χ1n) is 11.2. The zero-order valence-corrected chi connectivity index (χ0v) is 19.2. The number of halogens is 6. The molecular weight excluding hydrogens is 514 g/mol. The number of nitrogens with one attached hydrogen (secondary N) is 2. The third-order valence-electron chi connectivity index (χ3n) is 5.86. The summed E-state index contributed by atoms with van der Waals surface area (Å²) in [6.45, 7) is 1.02. The second kappa shape index (κ2) is 10.4. The highest BCUT2D eigenvalue weighted by Crippen LogP contribution is 2.38. The van der Waals surface area contributed by atoms with Gasteiger partial charge < -0.3 is 24.6 Å². The standard InChI is InChI=1S/C21H22F6N6O4/c22-20(23,24)12-7-15-18(29-8-12)33-4-3-32(10-13(33)11-37-15)16(34)1-5-36-6-2-28-14-9-30-31-19(35)17(14)21(25,26)27/h7-9,13H,1-6,10-11H2,(H2,28,31,35). The number of nitrogens with zero attached hydrogens (tertiary/aromatic N) is 4. The van der Waals surface area contributed by atoms with Crippen LogP contribution >= 0.6 is 0 Å². The normalized spacial score (nSPS) is 17.6. The average Bonchev–Trinajstić information content (AvgIpc) is 2.83. The predicted molar refractivity (Wildman–Crippen MR) is 116 cm³/mol. The Labute approximate surface area is 205 Å². The number of aromatic nitrogens is 3. The molecule has 0 bridgehead atoms. The molecule has 1 amide bonds. The van der Waals surface area contributed by atoms with E-state index in [9.17, 15) is 35.9 Å². The first-order chi connectivity index (χ1) is 17.4. The van der Waals surface area contributed by atoms with E-state index in [0.717, 1.165) is 18.5 Å². The summed E-state index contributed by atoms with van der Waals surface area (Å²) in [5, 5.41) is 7.54. The minimum absolute atomic E-state index is 0.0201. The van der Waals surface area contributed by atoms with Crippen LogP contribution in [0.4, 0.5) is 37.8 Å². The molecule has 202 valence electrons. The van der Waals surface area contributed by atoms with Gasteiger partial charge in [-0.3, -0.25) is 9.59 Å². The van der Waals surface area contributed by atoms with Gasteiger partial charge in [0.25, 0.3) is 5.56 Å². The SMILES string of the molecule is O=C(CCOCCNc1cn[nH]c(=O)c1C(F)(F)F)N1CCN2c3ncc(C(F)(F)F)cc3OCC2C1. The van der Waals surface area contributed by atoms with Gasteiger partial charge in [0.2, 0.25) is 5.91 Å². The number of carbonyl (C=O) groups excluding carboxylic acids is 1. The van der Waals surface area contributed by atoms with E-state index in [1.54, 1.807) is 10.00 Å². The molecule has 0 saturated carbocycles. The van der Waals surface area contributed by atoms with E-state index in [4.69, 9.17) is 9.47 Å². The molecule has 10 nitrogen and oxygen atoms in total. The van der Waals surface area contributed by atoms with Crippen LogP contribution in [0.3, 0.4) is 0 Å². The molecule has 1 saturated heterocycles. The van der Waals surface area contributed by atoms with E-state index in [1.807, 2.05) is 4.90 Å². The molecule has 1 atom stereocenters. The van der Waals surface area contributed by atoms with Gasteiger partial charge in [-0.15, -0.1) is 0 Å². The monoisotopic (exact) mass is 536 g/mol. The summed E-state index contributed by atoms with van der Waals surface area (Å²) in [5.41, 5.74) is -4.13. The summed E-state index contributed by atoms with van der Waals surface area (Å²) in [5.74, 6) is 0.138. The van der Waals surface area contributed by atoms with Crippen molar-refractivity contribution in [3.05, 3.63) is 39.9 Å². The summed E-state index contributed by atoms with van der Waals surface area (Å²) >= 11 is 0. The van der Waals surface area contributed by atoms with Crippen molar-refractivity contribution in [2.45, 2.75) is 24.8 Å². The predicted octanol–water partition coefficient (Wildman–Crippen LogP) is 2.13. The number of pyridine rings is 1. The molecule has 0 aliphatic carbocycles. The number of alkyl halides is 6. The van der Waals surface area contributed by atoms with Crippen LogP contribution in [0, 0.1) is 0 Å². The first-order valence-corrected chi connectivity index (χ1v) is 11.2. The number of hydrogen-bond donors (Lipinski definition) is 2. The van der Waals surface area contributed by atoms with E-state index in [-0.39, 0.29) is 57.0 Å². The van der Waals surface area contributed by atoms with Gasteiger partial charge in [0, 0.05) is 32.4 Å². The van der Waals surface area contributed by atoms with E-state index in [1.165, 1.54) is 0 Å². The van der Waals surface area contributed by atoms with Crippen LogP contribution in [-0.2, 0) is 21.9 Å². The smallest absolute Gasteiger partial charge is 0.423 e. The third kappa shape index (κ3) is 6.06. The maximum atomic E-state index is 13.0. The zero-order chi connectivity index (χ0) is 26.8. The number of anilines is 2. The number of ether oxygens (including phenoxy) is 2. The lowest BCUT2D eigenvalue weighted by molar-refractivity contribution is -0.138. The maximum Gasteiger partial charge on any atom is 0.423 e. The van der Waals surface area contributed by atoms with Crippen LogP contribution in [0.5, 0.6) is 5.75 Å². The second-order valence-electron chi connectivity index (χ2n) is 8.32. The lowest BCUT2D eigenvalue weighted by Crippen LogP contribution is -2.58. The summed E-state index contributed by atoms with van der Waals surface area (Å²) in [6.07, 6.45) is -7.76. The van der Waals surface area contributed by atoms with Gasteiger partial charge in [-0.25, -0.2) is 10.1 Å². The van der Waals surface area contributed by atoms with Crippen molar-refractivity contribution in [2.24, 2.45) is 0 Å². The molecule has 1 unspecified atom stereocenters. The first kappa shape index (κ1) is 26.5. The fourth-order valence-electron chi connectivity index (χ4n) is 4.09. The Morgan fingerprint density at radius 1 is 1.16 bits per heavy atom. The van der Waals surface area contributed by atoms with Gasteiger partial charge in [0.1, 0.15) is 12.2 Å². The highest BCUT2D eigenvalue weighted by Gasteiger charge is 2.39. The Morgan fingerprint density at radius 3 is 2.68 bits per heavy atom. The molecule has 0 spiro atoms. The molecule has 1 fully saturated rings. The van der Waals surface area contributed by atoms with Crippen molar-refractivity contribution in [3.63, 3.8) is 0 Å². The van der Waals surface area contributed by atoms with Crippen LogP contribution in [0.2, 0.25) is 0 Å². The molecule has 2 aliphatic rings. The molecule has 4 heterocycles. The number of amides is 1. The average molecular weight is 536 g/mol. The van der Waals surface area contributed by atoms with E-state index < -0.39 is 34.7 Å². The Bertz CT molecular complexity index is 1190. The molecule has 2 aromatic heterocycles. The van der Waals surface area contributed by atoms with E-state index >= 15 is 0 Å². The van der Waals surface area contributed by atoms with Crippen molar-refractivity contribution in [2.75, 3.05) is 56.2 Å². The number of H-pyrrole nitrogens is 1. The lowest BCUT2D eigenvalue weighted by atomic mass is 10.1. The van der Waals surface area contributed by atoms with E-state index in [0.29, 0.717) is 18.9 Å². The largest absolute Gasteiger partial charge is 0.487 e. The van der Waals surface area contributed by atoms with Gasteiger partial charge in [-0.05, 0) is 6.07 Å². The van der Waals surface area contributed by atoms with Crippen molar-refractivity contribution in [1.82, 2.24) is 20.1 Å². The van der Waals surface area contributed by atoms with Crippen molar-refractivity contribution >= 4 is 17.4 Å². The van der Waals surface area contributed by atoms with Crippen molar-refractivity contribution in [1.29, 1.82) is 0 Å².